The Morgan fingerprint density at radius 3 is 2.95 bits per heavy atom. The molecule has 2 aromatic heterocycles. The number of aromatic nitrogens is 1. The number of nitrogens with zero attached hydrogens (tertiary/aromatic N) is 2. The zero-order valence-electron chi connectivity index (χ0n) is 12.5. The second-order valence-corrected chi connectivity index (χ2v) is 6.37. The van der Waals surface area contributed by atoms with Crippen LogP contribution in [0, 0.1) is 6.92 Å². The molecule has 4 nitrogen and oxygen atoms in total. The topological polar surface area (TPSA) is 37.3 Å². The predicted octanol–water partition coefficient (Wildman–Crippen LogP) is 3.44. The minimum Gasteiger partial charge on any atom is -0.350 e. The van der Waals surface area contributed by atoms with Gasteiger partial charge in [-0.2, -0.15) is 11.3 Å². The number of rotatable bonds is 3. The largest absolute Gasteiger partial charge is 0.350 e. The van der Waals surface area contributed by atoms with Crippen molar-refractivity contribution in [1.29, 1.82) is 0 Å². The Balaban J connectivity index is 1.63. The van der Waals surface area contributed by atoms with Crippen molar-refractivity contribution in [3.8, 4) is 0 Å². The molecule has 0 bridgehead atoms. The van der Waals surface area contributed by atoms with E-state index in [4.69, 9.17) is 0 Å². The van der Waals surface area contributed by atoms with Crippen LogP contribution in [0.1, 0.15) is 35.8 Å². The summed E-state index contributed by atoms with van der Waals surface area (Å²) in [6.07, 6.45) is 2.14. The van der Waals surface area contributed by atoms with Crippen molar-refractivity contribution in [2.45, 2.75) is 32.4 Å². The van der Waals surface area contributed by atoms with Crippen molar-refractivity contribution in [3.05, 3.63) is 45.9 Å². The monoisotopic (exact) mass is 303 g/mol. The summed E-state index contributed by atoms with van der Waals surface area (Å²) in [6.45, 7) is 3.49. The minimum absolute atomic E-state index is 0.0440. The van der Waals surface area contributed by atoms with Gasteiger partial charge in [-0.25, -0.2) is 4.79 Å². The van der Waals surface area contributed by atoms with Gasteiger partial charge in [0.1, 0.15) is 0 Å². The number of carbonyl (C=O) groups excluding carboxylic acids is 1. The Bertz CT molecular complexity index is 618. The molecule has 1 fully saturated rings. The van der Waals surface area contributed by atoms with Crippen molar-refractivity contribution < 1.29 is 4.79 Å². The molecule has 112 valence electrons. The normalized spacial score (nSPS) is 18.2. The molecule has 5 heteroatoms. The van der Waals surface area contributed by atoms with E-state index < -0.39 is 0 Å². The van der Waals surface area contributed by atoms with E-state index in [0.717, 1.165) is 25.1 Å². The first kappa shape index (κ1) is 14.2. The summed E-state index contributed by atoms with van der Waals surface area (Å²) >= 11 is 1.69. The fourth-order valence-electron chi connectivity index (χ4n) is 2.93. The van der Waals surface area contributed by atoms with E-state index in [9.17, 15) is 4.79 Å². The van der Waals surface area contributed by atoms with Gasteiger partial charge in [-0.05, 0) is 54.3 Å². The summed E-state index contributed by atoms with van der Waals surface area (Å²) in [6, 6.07) is 6.55. The number of hydrogen-bond donors (Lipinski definition) is 1. The van der Waals surface area contributed by atoms with Gasteiger partial charge in [0, 0.05) is 25.0 Å². The minimum atomic E-state index is 0.0440. The second-order valence-electron chi connectivity index (χ2n) is 5.59. The molecular weight excluding hydrogens is 282 g/mol. The first-order valence-electron chi connectivity index (χ1n) is 7.34. The average Bonchev–Trinajstić information content (AvgIpc) is 3.19. The number of aryl methyl sites for hydroxylation is 1. The first-order valence-corrected chi connectivity index (χ1v) is 8.29. The summed E-state index contributed by atoms with van der Waals surface area (Å²) in [5.74, 6) is 0. The van der Waals surface area contributed by atoms with Crippen LogP contribution in [0.4, 0.5) is 4.79 Å². The van der Waals surface area contributed by atoms with E-state index in [1.165, 1.54) is 11.3 Å². The molecular formula is C16H21N3OS. The van der Waals surface area contributed by atoms with Crippen LogP contribution in [0.15, 0.2) is 29.0 Å². The van der Waals surface area contributed by atoms with E-state index in [2.05, 4.69) is 45.8 Å². The molecule has 2 amide bonds. The van der Waals surface area contributed by atoms with Gasteiger partial charge >= 0.3 is 6.03 Å². The molecule has 0 saturated carbocycles. The van der Waals surface area contributed by atoms with E-state index in [1.54, 1.807) is 11.3 Å². The molecule has 0 spiro atoms. The fraction of sp³-hybridized carbons (Fsp3) is 0.438. The summed E-state index contributed by atoms with van der Waals surface area (Å²) in [4.78, 5) is 14.4. The number of likely N-dealkylation sites (tertiary alicyclic amines) is 1. The van der Waals surface area contributed by atoms with Gasteiger partial charge in [0.25, 0.3) is 0 Å². The highest BCUT2D eigenvalue weighted by atomic mass is 32.1. The van der Waals surface area contributed by atoms with Crippen LogP contribution in [0.2, 0.25) is 0 Å². The molecule has 1 N–H and O–H groups in total. The third-order valence-electron chi connectivity index (χ3n) is 4.34. The quantitative estimate of drug-likeness (QED) is 0.926. The number of amides is 2. The molecule has 1 saturated heterocycles. The molecule has 0 radical (unpaired) electrons. The molecule has 0 aliphatic carbocycles. The van der Waals surface area contributed by atoms with Crippen LogP contribution in [0.3, 0.4) is 0 Å². The van der Waals surface area contributed by atoms with Gasteiger partial charge in [0.15, 0.2) is 0 Å². The number of urea groups is 1. The number of thiophene rings is 1. The maximum Gasteiger partial charge on any atom is 0.318 e. The molecule has 0 aromatic carbocycles. The second kappa shape index (κ2) is 5.93. The Morgan fingerprint density at radius 1 is 1.43 bits per heavy atom. The Morgan fingerprint density at radius 2 is 2.29 bits per heavy atom. The van der Waals surface area contributed by atoms with E-state index >= 15 is 0 Å². The fourth-order valence-corrected chi connectivity index (χ4v) is 3.64. The van der Waals surface area contributed by atoms with Gasteiger partial charge in [0.2, 0.25) is 0 Å². The van der Waals surface area contributed by atoms with E-state index in [-0.39, 0.29) is 12.1 Å². The standard InChI is InChI=1S/C16H21N3OS/c1-12-5-6-14(18(12)2)10-17-16(20)19-8-3-4-15(19)13-7-9-21-11-13/h5-7,9,11,15H,3-4,8,10H2,1-2H3,(H,17,20)/t15-/m0/s1. The Labute approximate surface area is 129 Å². The smallest absolute Gasteiger partial charge is 0.318 e. The van der Waals surface area contributed by atoms with Gasteiger partial charge < -0.3 is 14.8 Å². The maximum absolute atomic E-state index is 12.5. The summed E-state index contributed by atoms with van der Waals surface area (Å²) in [7, 11) is 2.03. The lowest BCUT2D eigenvalue weighted by Gasteiger charge is -2.24. The number of carbonyl (C=O) groups is 1. The molecule has 1 atom stereocenters. The third-order valence-corrected chi connectivity index (χ3v) is 5.04. The molecule has 2 aromatic rings. The van der Waals surface area contributed by atoms with Crippen LogP contribution < -0.4 is 5.32 Å². The van der Waals surface area contributed by atoms with Crippen molar-refractivity contribution in [2.24, 2.45) is 7.05 Å². The van der Waals surface area contributed by atoms with E-state index in [1.807, 2.05) is 11.9 Å². The summed E-state index contributed by atoms with van der Waals surface area (Å²) < 4.78 is 2.11. The lowest BCUT2D eigenvalue weighted by Crippen LogP contribution is -2.39. The Hall–Kier alpha value is -1.75. The molecule has 1 aliphatic rings. The van der Waals surface area contributed by atoms with Crippen molar-refractivity contribution in [2.75, 3.05) is 6.54 Å². The molecule has 21 heavy (non-hydrogen) atoms. The first-order chi connectivity index (χ1) is 10.2. The number of nitrogens with one attached hydrogen (secondary N) is 1. The molecule has 3 heterocycles. The van der Waals surface area contributed by atoms with E-state index in [0.29, 0.717) is 6.54 Å². The zero-order chi connectivity index (χ0) is 14.8. The van der Waals surface area contributed by atoms with Crippen LogP contribution >= 0.6 is 11.3 Å². The lowest BCUT2D eigenvalue weighted by molar-refractivity contribution is 0.192. The van der Waals surface area contributed by atoms with Crippen LogP contribution in [-0.2, 0) is 13.6 Å². The van der Waals surface area contributed by atoms with Crippen LogP contribution in [0.5, 0.6) is 0 Å². The third kappa shape index (κ3) is 2.83. The van der Waals surface area contributed by atoms with Gasteiger partial charge in [-0.3, -0.25) is 0 Å². The highest BCUT2D eigenvalue weighted by molar-refractivity contribution is 7.07. The predicted molar refractivity (Wildman–Crippen MR) is 85.4 cm³/mol. The van der Waals surface area contributed by atoms with Crippen molar-refractivity contribution in [3.63, 3.8) is 0 Å². The maximum atomic E-state index is 12.5. The van der Waals surface area contributed by atoms with Crippen molar-refractivity contribution in [1.82, 2.24) is 14.8 Å². The highest BCUT2D eigenvalue weighted by Crippen LogP contribution is 2.32. The molecule has 0 unspecified atom stereocenters. The molecule has 1 aliphatic heterocycles. The van der Waals surface area contributed by atoms with Gasteiger partial charge in [0.05, 0.1) is 12.6 Å². The van der Waals surface area contributed by atoms with Gasteiger partial charge in [-0.1, -0.05) is 0 Å². The highest BCUT2D eigenvalue weighted by Gasteiger charge is 2.30. The molecule has 3 rings (SSSR count). The van der Waals surface area contributed by atoms with Crippen LogP contribution in [-0.4, -0.2) is 22.0 Å². The summed E-state index contributed by atoms with van der Waals surface area (Å²) in [5.41, 5.74) is 3.60. The Kier molecular flexibility index (Phi) is 4.01. The zero-order valence-corrected chi connectivity index (χ0v) is 13.3. The van der Waals surface area contributed by atoms with Crippen LogP contribution in [0.25, 0.3) is 0 Å². The lowest BCUT2D eigenvalue weighted by atomic mass is 10.1. The van der Waals surface area contributed by atoms with Gasteiger partial charge in [-0.15, -0.1) is 0 Å². The SMILES string of the molecule is Cc1ccc(CNC(=O)N2CCC[C@H]2c2ccsc2)n1C. The average molecular weight is 303 g/mol. The number of hydrogen-bond acceptors (Lipinski definition) is 2. The van der Waals surface area contributed by atoms with Crippen molar-refractivity contribution >= 4 is 17.4 Å². The summed E-state index contributed by atoms with van der Waals surface area (Å²) in [5, 5.41) is 7.29.